The quantitative estimate of drug-likeness (QED) is 0.867. The fraction of sp³-hybridized carbons (Fsp3) is 0.294. The molecule has 5 heteroatoms. The molecule has 22 heavy (non-hydrogen) atoms. The van der Waals surface area contributed by atoms with Crippen molar-refractivity contribution in [1.29, 1.82) is 0 Å². The van der Waals surface area contributed by atoms with Gasteiger partial charge in [0.2, 0.25) is 0 Å². The second-order valence-corrected chi connectivity index (χ2v) is 7.36. The molecule has 0 saturated carbocycles. The van der Waals surface area contributed by atoms with E-state index in [9.17, 15) is 8.42 Å². The van der Waals surface area contributed by atoms with Gasteiger partial charge in [-0.25, -0.2) is 8.42 Å². The summed E-state index contributed by atoms with van der Waals surface area (Å²) in [5.74, 6) is 0.629. The van der Waals surface area contributed by atoms with E-state index in [0.29, 0.717) is 5.75 Å². The predicted molar refractivity (Wildman–Crippen MR) is 89.2 cm³/mol. The molecule has 0 aliphatic heterocycles. The van der Waals surface area contributed by atoms with Crippen LogP contribution in [0.4, 0.5) is 5.69 Å². The second kappa shape index (κ2) is 6.01. The van der Waals surface area contributed by atoms with Crippen LogP contribution in [-0.4, -0.2) is 22.6 Å². The van der Waals surface area contributed by atoms with E-state index < -0.39 is 10.0 Å². The summed E-state index contributed by atoms with van der Waals surface area (Å²) in [6.07, 6.45) is 0. The number of nitrogens with zero attached hydrogens (tertiary/aromatic N) is 1. The molecule has 0 aliphatic rings. The van der Waals surface area contributed by atoms with E-state index in [1.165, 1.54) is 4.31 Å². The third kappa shape index (κ3) is 2.95. The number of sulfonamides is 1. The fourth-order valence-electron chi connectivity index (χ4n) is 2.70. The molecule has 0 aromatic heterocycles. The Kier molecular flexibility index (Phi) is 4.47. The molecule has 0 heterocycles. The number of hydrogen-bond donors (Lipinski definition) is 0. The Morgan fingerprint density at radius 3 is 1.91 bits per heavy atom. The fourth-order valence-corrected chi connectivity index (χ4v) is 4.02. The Hall–Kier alpha value is -2.01. The predicted octanol–water partition coefficient (Wildman–Crippen LogP) is 3.45. The third-order valence-electron chi connectivity index (χ3n) is 3.67. The molecule has 2 rings (SSSR count). The summed E-state index contributed by atoms with van der Waals surface area (Å²) in [4.78, 5) is 0.246. The number of aryl methyl sites for hydroxylation is 3. The van der Waals surface area contributed by atoms with Crippen LogP contribution in [0.15, 0.2) is 41.3 Å². The first-order valence-corrected chi connectivity index (χ1v) is 8.42. The molecule has 0 N–H and O–H groups in total. The normalized spacial score (nSPS) is 11.3. The lowest BCUT2D eigenvalue weighted by Crippen LogP contribution is -2.28. The van der Waals surface area contributed by atoms with Crippen molar-refractivity contribution in [3.05, 3.63) is 53.1 Å². The Labute approximate surface area is 132 Å². The largest absolute Gasteiger partial charge is 0.497 e. The van der Waals surface area contributed by atoms with Crippen LogP contribution in [-0.2, 0) is 10.0 Å². The van der Waals surface area contributed by atoms with E-state index >= 15 is 0 Å². The zero-order valence-electron chi connectivity index (χ0n) is 13.5. The van der Waals surface area contributed by atoms with Crippen molar-refractivity contribution in [2.45, 2.75) is 25.7 Å². The van der Waals surface area contributed by atoms with Crippen molar-refractivity contribution in [2.75, 3.05) is 18.5 Å². The van der Waals surface area contributed by atoms with Gasteiger partial charge in [-0.15, -0.1) is 0 Å². The molecular formula is C17H21NO3S. The topological polar surface area (TPSA) is 46.6 Å². The Morgan fingerprint density at radius 2 is 1.45 bits per heavy atom. The highest BCUT2D eigenvalue weighted by Gasteiger charge is 2.23. The van der Waals surface area contributed by atoms with E-state index in [1.54, 1.807) is 38.4 Å². The first-order valence-electron chi connectivity index (χ1n) is 6.98. The highest BCUT2D eigenvalue weighted by Crippen LogP contribution is 2.30. The van der Waals surface area contributed by atoms with Crippen LogP contribution in [0.5, 0.6) is 5.75 Å². The molecular weight excluding hydrogens is 298 g/mol. The maximum Gasteiger partial charge on any atom is 0.264 e. The van der Waals surface area contributed by atoms with Gasteiger partial charge >= 0.3 is 0 Å². The van der Waals surface area contributed by atoms with Crippen molar-refractivity contribution >= 4 is 15.7 Å². The monoisotopic (exact) mass is 319 g/mol. The molecule has 0 saturated heterocycles. The summed E-state index contributed by atoms with van der Waals surface area (Å²) in [7, 11) is -0.459. The van der Waals surface area contributed by atoms with Crippen molar-refractivity contribution in [3.63, 3.8) is 0 Å². The van der Waals surface area contributed by atoms with Gasteiger partial charge in [-0.05, 0) is 56.2 Å². The van der Waals surface area contributed by atoms with Gasteiger partial charge in [0.05, 0.1) is 17.7 Å². The van der Waals surface area contributed by atoms with Gasteiger partial charge in [0.1, 0.15) is 5.75 Å². The van der Waals surface area contributed by atoms with Crippen molar-refractivity contribution in [3.8, 4) is 5.75 Å². The van der Waals surface area contributed by atoms with Gasteiger partial charge in [0.25, 0.3) is 10.0 Å². The lowest BCUT2D eigenvalue weighted by molar-refractivity contribution is 0.414. The van der Waals surface area contributed by atoms with Crippen LogP contribution in [0, 0.1) is 20.8 Å². The molecule has 0 radical (unpaired) electrons. The van der Waals surface area contributed by atoms with Crippen molar-refractivity contribution in [1.82, 2.24) is 0 Å². The lowest BCUT2D eigenvalue weighted by Gasteiger charge is -2.24. The zero-order valence-corrected chi connectivity index (χ0v) is 14.4. The van der Waals surface area contributed by atoms with Crippen LogP contribution in [0.1, 0.15) is 16.7 Å². The Bertz CT molecular complexity index is 757. The number of ether oxygens (including phenoxy) is 1. The average molecular weight is 319 g/mol. The average Bonchev–Trinajstić information content (AvgIpc) is 2.46. The molecule has 4 nitrogen and oxygen atoms in total. The van der Waals surface area contributed by atoms with Crippen LogP contribution < -0.4 is 9.04 Å². The lowest BCUT2D eigenvalue weighted by atomic mass is 10.1. The van der Waals surface area contributed by atoms with Crippen molar-refractivity contribution in [2.24, 2.45) is 0 Å². The Balaban J connectivity index is 2.49. The van der Waals surface area contributed by atoms with E-state index in [4.69, 9.17) is 4.74 Å². The molecule has 118 valence electrons. The van der Waals surface area contributed by atoms with Gasteiger partial charge in [0, 0.05) is 7.05 Å². The molecule has 0 fully saturated rings. The summed E-state index contributed by atoms with van der Waals surface area (Å²) >= 11 is 0. The van der Waals surface area contributed by atoms with Crippen LogP contribution in [0.2, 0.25) is 0 Å². The second-order valence-electron chi connectivity index (χ2n) is 5.40. The minimum atomic E-state index is -3.60. The third-order valence-corrected chi connectivity index (χ3v) is 5.44. The van der Waals surface area contributed by atoms with Gasteiger partial charge in [0.15, 0.2) is 0 Å². The van der Waals surface area contributed by atoms with Gasteiger partial charge in [-0.1, -0.05) is 17.7 Å². The smallest absolute Gasteiger partial charge is 0.264 e. The minimum Gasteiger partial charge on any atom is -0.497 e. The van der Waals surface area contributed by atoms with Gasteiger partial charge < -0.3 is 4.74 Å². The molecule has 0 unspecified atom stereocenters. The summed E-state index contributed by atoms with van der Waals surface area (Å²) in [5, 5.41) is 0. The minimum absolute atomic E-state index is 0.246. The molecule has 2 aromatic carbocycles. The standard InChI is InChI=1S/C17H21NO3S/c1-12-10-13(2)17(14(3)11-12)18(4)22(19,20)16-8-6-15(21-5)7-9-16/h6-11H,1-5H3. The molecule has 0 amide bonds. The van der Waals surface area contributed by atoms with Crippen LogP contribution in [0.3, 0.4) is 0 Å². The highest BCUT2D eigenvalue weighted by atomic mass is 32.2. The SMILES string of the molecule is COc1ccc(S(=O)(=O)N(C)c2c(C)cc(C)cc2C)cc1. The van der Waals surface area contributed by atoms with E-state index in [0.717, 1.165) is 22.4 Å². The van der Waals surface area contributed by atoms with Crippen molar-refractivity contribution < 1.29 is 13.2 Å². The van der Waals surface area contributed by atoms with E-state index in [1.807, 2.05) is 32.9 Å². The van der Waals surface area contributed by atoms with E-state index in [-0.39, 0.29) is 4.90 Å². The maximum atomic E-state index is 12.8. The maximum absolute atomic E-state index is 12.8. The van der Waals surface area contributed by atoms with E-state index in [2.05, 4.69) is 0 Å². The number of benzene rings is 2. The highest BCUT2D eigenvalue weighted by molar-refractivity contribution is 7.92. The molecule has 0 aliphatic carbocycles. The van der Waals surface area contributed by atoms with Crippen LogP contribution in [0.25, 0.3) is 0 Å². The summed E-state index contributed by atoms with van der Waals surface area (Å²) in [6.45, 7) is 5.85. The molecule has 0 spiro atoms. The summed E-state index contributed by atoms with van der Waals surface area (Å²) in [6, 6.07) is 10.4. The molecule has 0 atom stereocenters. The molecule has 0 bridgehead atoms. The number of anilines is 1. The Morgan fingerprint density at radius 1 is 0.955 bits per heavy atom. The van der Waals surface area contributed by atoms with Crippen LogP contribution >= 0.6 is 0 Å². The van der Waals surface area contributed by atoms with Gasteiger partial charge in [-0.3, -0.25) is 4.31 Å². The first kappa shape index (κ1) is 16.4. The zero-order chi connectivity index (χ0) is 16.5. The number of hydrogen-bond acceptors (Lipinski definition) is 3. The summed E-state index contributed by atoms with van der Waals surface area (Å²) in [5.41, 5.74) is 3.73. The summed E-state index contributed by atoms with van der Waals surface area (Å²) < 4.78 is 32.0. The molecule has 2 aromatic rings. The first-order chi connectivity index (χ1) is 10.3. The number of methoxy groups -OCH3 is 1. The number of rotatable bonds is 4. The van der Waals surface area contributed by atoms with Gasteiger partial charge in [-0.2, -0.15) is 0 Å².